The third-order valence-electron chi connectivity index (χ3n) is 0.760. The van der Waals surface area contributed by atoms with Crippen molar-refractivity contribution >= 4 is 15.5 Å². The van der Waals surface area contributed by atoms with Crippen LogP contribution in [-0.4, -0.2) is 15.5 Å². The molecule has 1 rings (SSSR count). The van der Waals surface area contributed by atoms with Gasteiger partial charge in [-0.2, -0.15) is 18.2 Å². The van der Waals surface area contributed by atoms with Crippen LogP contribution >= 0.6 is 0 Å². The van der Waals surface area contributed by atoms with E-state index in [0.717, 1.165) is 0 Å². The Bertz CT molecular complexity index is 180. The van der Waals surface area contributed by atoms with Gasteiger partial charge in [0.15, 0.2) is 0 Å². The molecule has 0 aliphatic rings. The van der Waals surface area contributed by atoms with Crippen molar-refractivity contribution in [2.45, 2.75) is 6.55 Å². The van der Waals surface area contributed by atoms with Crippen LogP contribution in [-0.2, 0) is 21.2 Å². The molecule has 1 aromatic carbocycles. The van der Waals surface area contributed by atoms with Crippen LogP contribution in [0, 0.1) is 0 Å². The van der Waals surface area contributed by atoms with Gasteiger partial charge in [-0.3, -0.25) is 0 Å². The number of hydrogen-bond donors (Lipinski definition) is 0. The maximum atomic E-state index is 9.83. The molecule has 1 aromatic rings. The van der Waals surface area contributed by atoms with Gasteiger partial charge in [-0.05, 0) is 0 Å². The zero-order valence-electron chi connectivity index (χ0n) is 6.29. The molecule has 0 aliphatic heterocycles. The van der Waals surface area contributed by atoms with E-state index < -0.39 is 17.9 Å². The van der Waals surface area contributed by atoms with Gasteiger partial charge in [0.1, 0.15) is 0 Å². The monoisotopic (exact) mass is 203 g/mol. The SMILES string of the molecule is C[Si]([SiH3])=[Ti]=[O].c1cc[cH-]c1. The van der Waals surface area contributed by atoms with Gasteiger partial charge in [-0.15, -0.1) is 0 Å². The maximum absolute atomic E-state index is 9.83. The summed E-state index contributed by atoms with van der Waals surface area (Å²) < 4.78 is 9.83. The fraction of sp³-hybridized carbons (Fsp3) is 0.167. The topological polar surface area (TPSA) is 17.1 Å². The molecular weight excluding hydrogens is 192 g/mol. The van der Waals surface area contributed by atoms with Crippen molar-refractivity contribution in [3.8, 4) is 0 Å². The van der Waals surface area contributed by atoms with E-state index in [1.807, 2.05) is 30.3 Å². The van der Waals surface area contributed by atoms with E-state index in [1.54, 1.807) is 0 Å². The molecule has 4 heteroatoms. The first-order valence-corrected chi connectivity index (χ1v) is 11.6. The second-order valence-corrected chi connectivity index (χ2v) is 19.1. The van der Waals surface area contributed by atoms with E-state index in [1.165, 1.54) is 9.76 Å². The van der Waals surface area contributed by atoms with Crippen molar-refractivity contribution in [3.05, 3.63) is 30.3 Å². The van der Waals surface area contributed by atoms with Crippen molar-refractivity contribution in [1.82, 2.24) is 0 Å². The Morgan fingerprint density at radius 1 is 1.50 bits per heavy atom. The Labute approximate surface area is 73.5 Å². The largest absolute Gasteiger partial charge is 0.214 e. The molecule has 0 heterocycles. The maximum Gasteiger partial charge on any atom is -0.172 e. The van der Waals surface area contributed by atoms with Crippen LogP contribution in [0.15, 0.2) is 30.3 Å². The minimum absolute atomic E-state index is 0.166. The van der Waals surface area contributed by atoms with E-state index in [9.17, 15) is 3.32 Å². The molecule has 0 radical (unpaired) electrons. The molecule has 0 saturated heterocycles. The number of rotatable bonds is 0. The molecule has 1 nitrogen and oxygen atoms in total. The van der Waals surface area contributed by atoms with E-state index >= 15 is 0 Å². The molecule has 0 atom stereocenters. The van der Waals surface area contributed by atoms with Crippen LogP contribution in [0.4, 0.5) is 0 Å². The summed E-state index contributed by atoms with van der Waals surface area (Å²) in [7, 11) is 1.21. The summed E-state index contributed by atoms with van der Waals surface area (Å²) in [6.07, 6.45) is 0. The van der Waals surface area contributed by atoms with Crippen LogP contribution in [0.3, 0.4) is 0 Å². The molecule has 10 heavy (non-hydrogen) atoms. The van der Waals surface area contributed by atoms with Crippen LogP contribution in [0.1, 0.15) is 0 Å². The van der Waals surface area contributed by atoms with Gasteiger partial charge in [0, 0.05) is 0 Å². The molecule has 0 fully saturated rings. The van der Waals surface area contributed by atoms with Crippen molar-refractivity contribution in [1.29, 1.82) is 0 Å². The second-order valence-electron chi connectivity index (χ2n) is 2.06. The Hall–Kier alpha value is 0.298. The minimum atomic E-state index is -0.642. The predicted molar refractivity (Wildman–Crippen MR) is 44.3 cm³/mol. The molecule has 0 aromatic heterocycles. The van der Waals surface area contributed by atoms with Crippen LogP contribution < -0.4 is 0 Å². The fourth-order valence-corrected chi connectivity index (χ4v) is 0.321. The second kappa shape index (κ2) is 7.41. The van der Waals surface area contributed by atoms with Crippen LogP contribution in [0.25, 0.3) is 0 Å². The average Bonchev–Trinajstić information content (AvgIpc) is 2.43. The Morgan fingerprint density at radius 2 is 1.90 bits per heavy atom. The van der Waals surface area contributed by atoms with Crippen LogP contribution in [0.5, 0.6) is 0 Å². The fourth-order valence-electron chi connectivity index (χ4n) is 0.321. The molecule has 0 N–H and O–H groups in total. The normalized spacial score (nSPS) is 7.30. The zero-order valence-corrected chi connectivity index (χ0v) is 10.9. The molecule has 0 bridgehead atoms. The van der Waals surface area contributed by atoms with E-state index in [2.05, 4.69) is 6.55 Å². The summed E-state index contributed by atoms with van der Waals surface area (Å²) in [6.45, 7) is 2.13. The smallest absolute Gasteiger partial charge is 0.172 e. The zero-order chi connectivity index (χ0) is 7.82. The first-order chi connectivity index (χ1) is 4.77. The average molecular weight is 203 g/mol. The summed E-state index contributed by atoms with van der Waals surface area (Å²) in [6, 6.07) is 10.0. The Kier molecular flexibility index (Phi) is 7.63. The first kappa shape index (κ1) is 10.3. The van der Waals surface area contributed by atoms with E-state index in [0.29, 0.717) is 0 Å². The van der Waals surface area contributed by atoms with Gasteiger partial charge in [0.2, 0.25) is 0 Å². The third-order valence-corrected chi connectivity index (χ3v) is 5.61. The first-order valence-electron chi connectivity index (χ1n) is 3.12. The standard InChI is InChI=1S/C5H5.CH6Si2.O.Ti/c1-2-4-5-3-1;1-3-2;;/h1-5H;1-2H3;;/q-1;;;. The molecule has 0 spiro atoms. The van der Waals surface area contributed by atoms with Gasteiger partial charge >= 0.3 is 43.2 Å². The summed E-state index contributed by atoms with van der Waals surface area (Å²) in [5, 5.41) is 0. The van der Waals surface area contributed by atoms with Gasteiger partial charge in [0.25, 0.3) is 0 Å². The van der Waals surface area contributed by atoms with Crippen LogP contribution in [0.2, 0.25) is 6.55 Å². The molecule has 0 unspecified atom stereocenters. The molecule has 0 saturated carbocycles. The van der Waals surface area contributed by atoms with Crippen molar-refractivity contribution < 1.29 is 21.2 Å². The van der Waals surface area contributed by atoms with Gasteiger partial charge in [-0.1, -0.05) is 0 Å². The summed E-state index contributed by atoms with van der Waals surface area (Å²) in [4.78, 5) is 0. The molecule has 0 aliphatic carbocycles. The summed E-state index contributed by atoms with van der Waals surface area (Å²) in [5.74, 6) is 0. The number of hydrogen-bond acceptors (Lipinski definition) is 1. The van der Waals surface area contributed by atoms with Gasteiger partial charge in [-0.25, -0.2) is 12.1 Å². The van der Waals surface area contributed by atoms with E-state index in [-0.39, 0.29) is 5.70 Å². The molecule has 0 amide bonds. The van der Waals surface area contributed by atoms with Crippen molar-refractivity contribution in [2.75, 3.05) is 0 Å². The minimum Gasteiger partial charge on any atom is -0.214 e. The van der Waals surface area contributed by atoms with Gasteiger partial charge in [0.05, 0.1) is 0 Å². The molecular formula is C6H11OSi2Ti-. The summed E-state index contributed by atoms with van der Waals surface area (Å²) >= 11 is -0.642. The third kappa shape index (κ3) is 8.30. The Morgan fingerprint density at radius 3 is 2.00 bits per heavy atom. The van der Waals surface area contributed by atoms with E-state index in [4.69, 9.17) is 0 Å². The van der Waals surface area contributed by atoms with Crippen molar-refractivity contribution in [2.24, 2.45) is 0 Å². The predicted octanol–water partition coefficient (Wildman–Crippen LogP) is 0.303. The van der Waals surface area contributed by atoms with Crippen molar-refractivity contribution in [3.63, 3.8) is 0 Å². The van der Waals surface area contributed by atoms with Gasteiger partial charge < -0.3 is 0 Å². The quantitative estimate of drug-likeness (QED) is 0.438. The molecule has 54 valence electrons. The summed E-state index contributed by atoms with van der Waals surface area (Å²) in [5.41, 5.74) is -0.166. The Balaban J connectivity index is 0.000000162.